The fourth-order valence-corrected chi connectivity index (χ4v) is 4.68. The molecule has 1 fully saturated rings. The van der Waals surface area contributed by atoms with Crippen LogP contribution in [0.5, 0.6) is 0 Å². The van der Waals surface area contributed by atoms with Crippen molar-refractivity contribution in [2.24, 2.45) is 5.92 Å². The first kappa shape index (κ1) is 16.5. The fraction of sp³-hybridized carbons (Fsp3) is 0.571. The molecule has 21 heavy (non-hydrogen) atoms. The SMILES string of the molecule is CN(C)CC1CCN(S(=O)(=O)c2cc(N)ccc2Cl)CC1. The Kier molecular flexibility index (Phi) is 5.14. The highest BCUT2D eigenvalue weighted by atomic mass is 35.5. The van der Waals surface area contributed by atoms with Gasteiger partial charge in [-0.3, -0.25) is 0 Å². The predicted molar refractivity (Wildman–Crippen MR) is 85.9 cm³/mol. The van der Waals surface area contributed by atoms with Crippen molar-refractivity contribution in [1.82, 2.24) is 9.21 Å². The van der Waals surface area contributed by atoms with E-state index in [1.165, 1.54) is 16.4 Å². The molecule has 0 radical (unpaired) electrons. The van der Waals surface area contributed by atoms with Crippen molar-refractivity contribution in [3.63, 3.8) is 0 Å². The lowest BCUT2D eigenvalue weighted by molar-refractivity contribution is 0.225. The number of halogens is 1. The van der Waals surface area contributed by atoms with Crippen molar-refractivity contribution < 1.29 is 8.42 Å². The molecule has 0 spiro atoms. The van der Waals surface area contributed by atoms with Crippen LogP contribution in [0.1, 0.15) is 12.8 Å². The van der Waals surface area contributed by atoms with Crippen LogP contribution >= 0.6 is 11.6 Å². The average Bonchev–Trinajstić information content (AvgIpc) is 2.41. The largest absolute Gasteiger partial charge is 0.399 e. The molecule has 5 nitrogen and oxygen atoms in total. The van der Waals surface area contributed by atoms with Crippen LogP contribution in [0, 0.1) is 5.92 Å². The minimum Gasteiger partial charge on any atom is -0.399 e. The molecule has 2 N–H and O–H groups in total. The summed E-state index contributed by atoms with van der Waals surface area (Å²) in [5.41, 5.74) is 6.09. The van der Waals surface area contributed by atoms with Crippen LogP contribution in [0.4, 0.5) is 5.69 Å². The maximum Gasteiger partial charge on any atom is 0.244 e. The van der Waals surface area contributed by atoms with Crippen LogP contribution < -0.4 is 5.73 Å². The third-order valence-electron chi connectivity index (χ3n) is 3.77. The summed E-state index contributed by atoms with van der Waals surface area (Å²) in [4.78, 5) is 2.25. The zero-order chi connectivity index (χ0) is 15.6. The van der Waals surface area contributed by atoms with Gasteiger partial charge in [-0.15, -0.1) is 0 Å². The quantitative estimate of drug-likeness (QED) is 0.855. The molecular formula is C14H22ClN3O2S. The molecule has 7 heteroatoms. The smallest absolute Gasteiger partial charge is 0.244 e. The summed E-state index contributed by atoms with van der Waals surface area (Å²) < 4.78 is 26.8. The lowest BCUT2D eigenvalue weighted by Gasteiger charge is -2.32. The lowest BCUT2D eigenvalue weighted by atomic mass is 9.98. The van der Waals surface area contributed by atoms with Gasteiger partial charge in [-0.1, -0.05) is 11.6 Å². The molecule has 0 unspecified atom stereocenters. The Hall–Kier alpha value is -0.820. The van der Waals surface area contributed by atoms with Gasteiger partial charge in [0.1, 0.15) is 4.90 Å². The molecule has 1 aliphatic rings. The molecule has 0 aromatic heterocycles. The van der Waals surface area contributed by atoms with E-state index in [2.05, 4.69) is 4.90 Å². The number of anilines is 1. The van der Waals surface area contributed by atoms with E-state index in [0.717, 1.165) is 19.4 Å². The Morgan fingerprint density at radius 2 is 1.95 bits per heavy atom. The molecule has 0 atom stereocenters. The van der Waals surface area contributed by atoms with Gasteiger partial charge in [0, 0.05) is 25.3 Å². The van der Waals surface area contributed by atoms with Crippen LogP contribution in [0.15, 0.2) is 23.1 Å². The Morgan fingerprint density at radius 3 is 2.52 bits per heavy atom. The molecule has 1 heterocycles. The highest BCUT2D eigenvalue weighted by molar-refractivity contribution is 7.89. The Balaban J connectivity index is 2.13. The highest BCUT2D eigenvalue weighted by Crippen LogP contribution is 2.29. The number of sulfonamides is 1. The van der Waals surface area contributed by atoms with Gasteiger partial charge in [-0.25, -0.2) is 8.42 Å². The first-order valence-corrected chi connectivity index (χ1v) is 8.82. The van der Waals surface area contributed by atoms with E-state index >= 15 is 0 Å². The topological polar surface area (TPSA) is 66.6 Å². The van der Waals surface area contributed by atoms with Gasteiger partial charge in [0.25, 0.3) is 0 Å². The molecule has 0 bridgehead atoms. The van der Waals surface area contributed by atoms with E-state index in [4.69, 9.17) is 17.3 Å². The number of rotatable bonds is 4. The van der Waals surface area contributed by atoms with Crippen molar-refractivity contribution in [2.45, 2.75) is 17.7 Å². The maximum atomic E-state index is 12.7. The first-order valence-electron chi connectivity index (χ1n) is 7.00. The van der Waals surface area contributed by atoms with Crippen molar-refractivity contribution in [3.05, 3.63) is 23.2 Å². The Bertz CT molecular complexity index is 596. The van der Waals surface area contributed by atoms with Crippen molar-refractivity contribution in [3.8, 4) is 0 Å². The maximum absolute atomic E-state index is 12.7. The lowest BCUT2D eigenvalue weighted by Crippen LogP contribution is -2.40. The van der Waals surface area contributed by atoms with Crippen LogP contribution in [0.3, 0.4) is 0 Å². The van der Waals surface area contributed by atoms with E-state index in [1.54, 1.807) is 6.07 Å². The third-order valence-corrected chi connectivity index (χ3v) is 6.15. The van der Waals surface area contributed by atoms with Gasteiger partial charge in [0.2, 0.25) is 10.0 Å². The number of hydrogen-bond donors (Lipinski definition) is 1. The molecule has 1 aliphatic heterocycles. The normalized spacial score (nSPS) is 18.3. The molecule has 1 aromatic carbocycles. The number of nitrogens with zero attached hydrogens (tertiary/aromatic N) is 2. The predicted octanol–water partition coefficient (Wildman–Crippen LogP) is 1.88. The summed E-state index contributed by atoms with van der Waals surface area (Å²) in [7, 11) is 0.515. The van der Waals surface area contributed by atoms with E-state index < -0.39 is 10.0 Å². The van der Waals surface area contributed by atoms with Crippen LogP contribution in [-0.4, -0.2) is 51.4 Å². The van der Waals surface area contributed by atoms with Gasteiger partial charge >= 0.3 is 0 Å². The van der Waals surface area contributed by atoms with Gasteiger partial charge in [0.05, 0.1) is 5.02 Å². The summed E-state index contributed by atoms with van der Waals surface area (Å²) in [6.07, 6.45) is 1.74. The fourth-order valence-electron chi connectivity index (χ4n) is 2.71. The number of nitrogens with two attached hydrogens (primary N) is 1. The zero-order valence-corrected chi connectivity index (χ0v) is 14.0. The van der Waals surface area contributed by atoms with Gasteiger partial charge < -0.3 is 10.6 Å². The van der Waals surface area contributed by atoms with E-state index in [0.29, 0.717) is 24.7 Å². The second kappa shape index (κ2) is 6.52. The molecule has 2 rings (SSSR count). The molecule has 118 valence electrons. The first-order chi connectivity index (χ1) is 9.80. The minimum absolute atomic E-state index is 0.107. The molecule has 1 saturated heterocycles. The molecule has 0 saturated carbocycles. The second-order valence-electron chi connectivity index (χ2n) is 5.80. The van der Waals surface area contributed by atoms with Gasteiger partial charge in [-0.05, 0) is 51.1 Å². The summed E-state index contributed by atoms with van der Waals surface area (Å²) in [6, 6.07) is 4.57. The number of nitrogen functional groups attached to an aromatic ring is 1. The summed E-state index contributed by atoms with van der Waals surface area (Å²) >= 11 is 6.03. The van der Waals surface area contributed by atoms with Crippen molar-refractivity contribution >= 4 is 27.3 Å². The van der Waals surface area contributed by atoms with Gasteiger partial charge in [0.15, 0.2) is 0 Å². The molecule has 0 amide bonds. The average molecular weight is 332 g/mol. The number of hydrogen-bond acceptors (Lipinski definition) is 4. The molecule has 1 aromatic rings. The number of piperidine rings is 1. The zero-order valence-electron chi connectivity index (χ0n) is 12.4. The van der Waals surface area contributed by atoms with Crippen LogP contribution in [0.25, 0.3) is 0 Å². The van der Waals surface area contributed by atoms with Crippen LogP contribution in [-0.2, 0) is 10.0 Å². The van der Waals surface area contributed by atoms with Gasteiger partial charge in [-0.2, -0.15) is 4.31 Å². The molecular weight excluding hydrogens is 310 g/mol. The number of benzene rings is 1. The van der Waals surface area contributed by atoms with Crippen molar-refractivity contribution in [1.29, 1.82) is 0 Å². The third kappa shape index (κ3) is 3.88. The second-order valence-corrected chi connectivity index (χ2v) is 8.11. The highest BCUT2D eigenvalue weighted by Gasteiger charge is 2.31. The molecule has 0 aliphatic carbocycles. The van der Waals surface area contributed by atoms with E-state index in [-0.39, 0.29) is 9.92 Å². The Labute approximate surface area is 131 Å². The monoisotopic (exact) mass is 331 g/mol. The summed E-state index contributed by atoms with van der Waals surface area (Å²) in [5, 5.41) is 0.222. The minimum atomic E-state index is -3.56. The Morgan fingerprint density at radius 1 is 1.33 bits per heavy atom. The van der Waals surface area contributed by atoms with E-state index in [1.807, 2.05) is 14.1 Å². The van der Waals surface area contributed by atoms with Crippen LogP contribution in [0.2, 0.25) is 5.02 Å². The standard InChI is InChI=1S/C14H22ClN3O2S/c1-17(2)10-11-5-7-18(8-6-11)21(19,20)14-9-12(16)3-4-13(14)15/h3-4,9,11H,5-8,10,16H2,1-2H3. The summed E-state index contributed by atoms with van der Waals surface area (Å²) in [6.45, 7) is 2.06. The van der Waals surface area contributed by atoms with Crippen molar-refractivity contribution in [2.75, 3.05) is 39.5 Å². The summed E-state index contributed by atoms with van der Waals surface area (Å²) in [5.74, 6) is 0.544. The van der Waals surface area contributed by atoms with E-state index in [9.17, 15) is 8.42 Å².